The largest absolute Gasteiger partial charge is 0.338 e. The van der Waals surface area contributed by atoms with E-state index in [1.54, 1.807) is 17.0 Å². The molecule has 1 unspecified atom stereocenters. The topological polar surface area (TPSA) is 83.7 Å². The quantitative estimate of drug-likeness (QED) is 0.807. The third-order valence-corrected chi connectivity index (χ3v) is 6.54. The Hall–Kier alpha value is -1.64. The second kappa shape index (κ2) is 9.03. The fourth-order valence-corrected chi connectivity index (χ4v) is 4.65. The Morgan fingerprint density at radius 2 is 1.63 bits per heavy atom. The molecule has 9 heteroatoms. The van der Waals surface area contributed by atoms with Crippen LogP contribution < -0.4 is 5.73 Å². The highest BCUT2D eigenvalue weighted by molar-refractivity contribution is 7.89. The lowest BCUT2D eigenvalue weighted by molar-refractivity contribution is -0.133. The molecule has 1 saturated heterocycles. The van der Waals surface area contributed by atoms with E-state index in [0.29, 0.717) is 18.1 Å². The highest BCUT2D eigenvalue weighted by atomic mass is 35.5. The molecule has 2 N–H and O–H groups in total. The minimum Gasteiger partial charge on any atom is -0.338 e. The van der Waals surface area contributed by atoms with Gasteiger partial charge in [0.2, 0.25) is 15.9 Å². The Labute approximate surface area is 170 Å². The molecule has 1 atom stereocenters. The Morgan fingerprint density at radius 1 is 1.00 bits per heavy atom. The van der Waals surface area contributed by atoms with Gasteiger partial charge >= 0.3 is 0 Å². The lowest BCUT2D eigenvalue weighted by Crippen LogP contribution is -2.52. The van der Waals surface area contributed by atoms with Gasteiger partial charge in [-0.15, -0.1) is 12.4 Å². The van der Waals surface area contributed by atoms with E-state index in [1.165, 1.54) is 16.4 Å². The van der Waals surface area contributed by atoms with Crippen LogP contribution in [0.15, 0.2) is 59.5 Å². The van der Waals surface area contributed by atoms with E-state index in [2.05, 4.69) is 0 Å². The number of hydrogen-bond donors (Lipinski definition) is 1. The second-order valence-corrected chi connectivity index (χ2v) is 8.45. The first-order valence-corrected chi connectivity index (χ1v) is 10.1. The number of benzene rings is 2. The van der Waals surface area contributed by atoms with E-state index >= 15 is 0 Å². The van der Waals surface area contributed by atoms with Crippen molar-refractivity contribution in [3.8, 4) is 0 Å². The number of halogens is 2. The number of carbonyl (C=O) groups is 1. The van der Waals surface area contributed by atoms with Crippen LogP contribution in [0.4, 0.5) is 0 Å². The number of rotatable bonds is 4. The van der Waals surface area contributed by atoms with Crippen LogP contribution in [-0.2, 0) is 14.8 Å². The first kappa shape index (κ1) is 21.7. The lowest BCUT2D eigenvalue weighted by Gasteiger charge is -2.35. The van der Waals surface area contributed by atoms with Gasteiger partial charge in [0.25, 0.3) is 0 Å². The summed E-state index contributed by atoms with van der Waals surface area (Å²) in [5.41, 5.74) is 6.80. The van der Waals surface area contributed by atoms with Crippen LogP contribution in [0.1, 0.15) is 11.6 Å². The minimum atomic E-state index is -3.63. The van der Waals surface area contributed by atoms with Crippen molar-refractivity contribution in [1.82, 2.24) is 9.21 Å². The molecular formula is C18H21Cl2N3O3S. The molecule has 2 aromatic carbocycles. The smallest absolute Gasteiger partial charge is 0.244 e. The van der Waals surface area contributed by atoms with Crippen LogP contribution in [0.25, 0.3) is 0 Å². The van der Waals surface area contributed by atoms with Crippen molar-refractivity contribution in [1.29, 1.82) is 0 Å². The van der Waals surface area contributed by atoms with Gasteiger partial charge in [-0.3, -0.25) is 4.79 Å². The van der Waals surface area contributed by atoms with Gasteiger partial charge in [-0.25, -0.2) is 8.42 Å². The van der Waals surface area contributed by atoms with Crippen LogP contribution in [0, 0.1) is 0 Å². The molecule has 0 spiro atoms. The molecule has 1 heterocycles. The normalized spacial score (nSPS) is 16.4. The summed E-state index contributed by atoms with van der Waals surface area (Å²) in [5, 5.41) is 0.369. The van der Waals surface area contributed by atoms with Crippen molar-refractivity contribution in [2.45, 2.75) is 10.9 Å². The molecule has 1 amide bonds. The molecule has 1 aliphatic heterocycles. The SMILES string of the molecule is Cl.NC(C(=O)N1CCN(S(=O)(=O)c2cccc(Cl)c2)CC1)c1ccccc1. The van der Waals surface area contributed by atoms with E-state index in [4.69, 9.17) is 17.3 Å². The number of carbonyl (C=O) groups excluding carboxylic acids is 1. The van der Waals surface area contributed by atoms with E-state index in [0.717, 1.165) is 5.56 Å². The van der Waals surface area contributed by atoms with Crippen LogP contribution >= 0.6 is 24.0 Å². The van der Waals surface area contributed by atoms with E-state index < -0.39 is 16.1 Å². The third kappa shape index (κ3) is 4.80. The van der Waals surface area contributed by atoms with E-state index in [9.17, 15) is 13.2 Å². The second-order valence-electron chi connectivity index (χ2n) is 6.08. The summed E-state index contributed by atoms with van der Waals surface area (Å²) in [6.45, 7) is 1.06. The lowest BCUT2D eigenvalue weighted by atomic mass is 10.1. The predicted octanol–water partition coefficient (Wildman–Crippen LogP) is 2.29. The predicted molar refractivity (Wildman–Crippen MR) is 107 cm³/mol. The Morgan fingerprint density at radius 3 is 2.22 bits per heavy atom. The number of nitrogens with zero attached hydrogens (tertiary/aromatic N) is 2. The van der Waals surface area contributed by atoms with Gasteiger partial charge in [0.15, 0.2) is 0 Å². The average Bonchev–Trinajstić information content (AvgIpc) is 2.67. The van der Waals surface area contributed by atoms with Gasteiger partial charge in [-0.1, -0.05) is 48.0 Å². The van der Waals surface area contributed by atoms with E-state index in [1.807, 2.05) is 30.3 Å². The van der Waals surface area contributed by atoms with Crippen LogP contribution in [0.5, 0.6) is 0 Å². The molecular weight excluding hydrogens is 409 g/mol. The molecule has 6 nitrogen and oxygen atoms in total. The van der Waals surface area contributed by atoms with Crippen molar-refractivity contribution in [3.05, 3.63) is 65.2 Å². The summed E-state index contributed by atoms with van der Waals surface area (Å²) in [7, 11) is -3.63. The van der Waals surface area contributed by atoms with Crippen molar-refractivity contribution >= 4 is 39.9 Å². The summed E-state index contributed by atoms with van der Waals surface area (Å²) in [5.74, 6) is -0.198. The standard InChI is InChI=1S/C18H20ClN3O3S.ClH/c19-15-7-4-8-16(13-15)26(24,25)22-11-9-21(10-12-22)18(23)17(20)14-5-2-1-3-6-14;/h1-8,13,17H,9-12,20H2;1H. The number of hydrogen-bond acceptors (Lipinski definition) is 4. The molecule has 27 heavy (non-hydrogen) atoms. The molecule has 1 fully saturated rings. The highest BCUT2D eigenvalue weighted by Gasteiger charge is 2.32. The molecule has 0 bridgehead atoms. The van der Waals surface area contributed by atoms with Gasteiger partial charge < -0.3 is 10.6 Å². The van der Waals surface area contributed by atoms with Crippen LogP contribution in [0.2, 0.25) is 5.02 Å². The van der Waals surface area contributed by atoms with Gasteiger partial charge in [-0.05, 0) is 23.8 Å². The zero-order chi connectivity index (χ0) is 18.7. The minimum absolute atomic E-state index is 0. The summed E-state index contributed by atoms with van der Waals surface area (Å²) in [6, 6.07) is 14.6. The number of piperazine rings is 1. The highest BCUT2D eigenvalue weighted by Crippen LogP contribution is 2.22. The maximum atomic E-state index is 12.7. The third-order valence-electron chi connectivity index (χ3n) is 4.41. The Kier molecular flexibility index (Phi) is 7.25. The number of sulfonamides is 1. The summed E-state index contributed by atoms with van der Waals surface area (Å²) in [6.07, 6.45) is 0. The fraction of sp³-hybridized carbons (Fsp3) is 0.278. The first-order chi connectivity index (χ1) is 12.4. The summed E-state index contributed by atoms with van der Waals surface area (Å²) in [4.78, 5) is 14.4. The average molecular weight is 430 g/mol. The molecule has 146 valence electrons. The Bertz CT molecular complexity index is 886. The molecule has 0 radical (unpaired) electrons. The van der Waals surface area contributed by atoms with Gasteiger partial charge in [0.05, 0.1) is 4.90 Å². The zero-order valence-electron chi connectivity index (χ0n) is 14.5. The van der Waals surface area contributed by atoms with Crippen molar-refractivity contribution in [3.63, 3.8) is 0 Å². The molecule has 2 aromatic rings. The van der Waals surface area contributed by atoms with Crippen molar-refractivity contribution < 1.29 is 13.2 Å². The van der Waals surface area contributed by atoms with Gasteiger partial charge in [0.1, 0.15) is 6.04 Å². The maximum Gasteiger partial charge on any atom is 0.244 e. The molecule has 1 aliphatic rings. The molecule has 3 rings (SSSR count). The number of nitrogens with two attached hydrogens (primary N) is 1. The summed E-state index contributed by atoms with van der Waals surface area (Å²) < 4.78 is 26.8. The van der Waals surface area contributed by atoms with Crippen molar-refractivity contribution in [2.24, 2.45) is 5.73 Å². The zero-order valence-corrected chi connectivity index (χ0v) is 16.9. The maximum absolute atomic E-state index is 12.7. The fourth-order valence-electron chi connectivity index (χ4n) is 2.93. The van der Waals surface area contributed by atoms with Crippen LogP contribution in [0.3, 0.4) is 0 Å². The molecule has 0 aliphatic carbocycles. The molecule has 0 aromatic heterocycles. The van der Waals surface area contributed by atoms with Crippen molar-refractivity contribution in [2.75, 3.05) is 26.2 Å². The monoisotopic (exact) mass is 429 g/mol. The van der Waals surface area contributed by atoms with Crippen LogP contribution in [-0.4, -0.2) is 49.7 Å². The summed E-state index contributed by atoms with van der Waals surface area (Å²) >= 11 is 5.90. The van der Waals surface area contributed by atoms with Gasteiger partial charge in [-0.2, -0.15) is 4.31 Å². The van der Waals surface area contributed by atoms with Gasteiger partial charge in [0, 0.05) is 31.2 Å². The first-order valence-electron chi connectivity index (χ1n) is 8.24. The molecule has 0 saturated carbocycles. The Balaban J connectivity index is 0.00000261. The van der Waals surface area contributed by atoms with E-state index in [-0.39, 0.29) is 36.3 Å². The number of amides is 1.